The van der Waals surface area contributed by atoms with Gasteiger partial charge in [0.15, 0.2) is 5.82 Å². The van der Waals surface area contributed by atoms with Crippen molar-refractivity contribution in [2.45, 2.75) is 32.7 Å². The Hall–Kier alpha value is -3.55. The number of H-pyrrole nitrogens is 1. The summed E-state index contributed by atoms with van der Waals surface area (Å²) in [6, 6.07) is 7.51. The number of aromatic amines is 1. The summed E-state index contributed by atoms with van der Waals surface area (Å²) in [6.07, 6.45) is 8.67. The second-order valence-corrected chi connectivity index (χ2v) is 7.10. The van der Waals surface area contributed by atoms with E-state index >= 15 is 0 Å². The fourth-order valence-corrected chi connectivity index (χ4v) is 3.51. The monoisotopic (exact) mass is 389 g/mol. The molecule has 0 saturated carbocycles. The molecule has 0 aliphatic carbocycles. The highest BCUT2D eigenvalue weighted by atomic mass is 16.2. The number of aromatic nitrogens is 5. The standard InChI is InChI=1S/C21H23N7O/c1-14-11-20(27-26-14)25-19-12-17(23-15(2)24-19)18-6-4-10-28(18)21(29)8-7-16-5-3-9-22-13-16/h3,5,7-9,11-13,18H,4,6,10H2,1-2H3,(H2,23,24,25,26,27)/b8-7+. The zero-order valence-electron chi connectivity index (χ0n) is 16.5. The summed E-state index contributed by atoms with van der Waals surface area (Å²) < 4.78 is 0. The summed E-state index contributed by atoms with van der Waals surface area (Å²) >= 11 is 0. The fourth-order valence-electron chi connectivity index (χ4n) is 3.51. The fraction of sp³-hybridized carbons (Fsp3) is 0.286. The molecule has 0 radical (unpaired) electrons. The van der Waals surface area contributed by atoms with Crippen LogP contribution >= 0.6 is 0 Å². The smallest absolute Gasteiger partial charge is 0.247 e. The van der Waals surface area contributed by atoms with Crippen LogP contribution in [0, 0.1) is 13.8 Å². The van der Waals surface area contributed by atoms with Crippen LogP contribution in [0.25, 0.3) is 6.08 Å². The summed E-state index contributed by atoms with van der Waals surface area (Å²) in [6.45, 7) is 4.51. The first-order chi connectivity index (χ1) is 14.1. The number of rotatable bonds is 5. The van der Waals surface area contributed by atoms with Crippen LogP contribution in [0.4, 0.5) is 11.6 Å². The average Bonchev–Trinajstić information content (AvgIpc) is 3.36. The van der Waals surface area contributed by atoms with E-state index in [9.17, 15) is 4.79 Å². The van der Waals surface area contributed by atoms with Gasteiger partial charge in [0.1, 0.15) is 11.6 Å². The topological polar surface area (TPSA) is 99.7 Å². The minimum absolute atomic E-state index is 0.0231. The Morgan fingerprint density at radius 1 is 1.28 bits per heavy atom. The molecule has 3 aromatic rings. The minimum atomic E-state index is -0.0655. The highest BCUT2D eigenvalue weighted by molar-refractivity contribution is 5.92. The van der Waals surface area contributed by atoms with Gasteiger partial charge in [0.05, 0.1) is 11.7 Å². The number of amides is 1. The summed E-state index contributed by atoms with van der Waals surface area (Å²) in [4.78, 5) is 27.8. The van der Waals surface area contributed by atoms with Gasteiger partial charge in [-0.2, -0.15) is 5.10 Å². The maximum Gasteiger partial charge on any atom is 0.247 e. The molecule has 148 valence electrons. The molecule has 3 aromatic heterocycles. The van der Waals surface area contributed by atoms with E-state index < -0.39 is 0 Å². The Labute approximate surface area is 169 Å². The van der Waals surface area contributed by atoms with Gasteiger partial charge in [-0.3, -0.25) is 14.9 Å². The zero-order valence-corrected chi connectivity index (χ0v) is 16.5. The normalized spacial score (nSPS) is 16.5. The molecule has 0 spiro atoms. The van der Waals surface area contributed by atoms with Gasteiger partial charge in [0, 0.05) is 42.8 Å². The van der Waals surface area contributed by atoms with E-state index in [0.717, 1.165) is 29.8 Å². The number of aryl methyl sites for hydroxylation is 2. The average molecular weight is 389 g/mol. The van der Waals surface area contributed by atoms with Crippen molar-refractivity contribution in [3.05, 3.63) is 65.5 Å². The predicted molar refractivity (Wildman–Crippen MR) is 110 cm³/mol. The highest BCUT2D eigenvalue weighted by Gasteiger charge is 2.30. The van der Waals surface area contributed by atoms with Crippen LogP contribution < -0.4 is 5.32 Å². The van der Waals surface area contributed by atoms with E-state index in [-0.39, 0.29) is 11.9 Å². The third-order valence-corrected chi connectivity index (χ3v) is 4.80. The third-order valence-electron chi connectivity index (χ3n) is 4.80. The molecule has 0 bridgehead atoms. The lowest BCUT2D eigenvalue weighted by molar-refractivity contribution is -0.126. The van der Waals surface area contributed by atoms with Gasteiger partial charge in [-0.25, -0.2) is 9.97 Å². The summed E-state index contributed by atoms with van der Waals surface area (Å²) in [5.74, 6) is 2.00. The summed E-state index contributed by atoms with van der Waals surface area (Å²) in [5.41, 5.74) is 2.70. The molecule has 29 heavy (non-hydrogen) atoms. The van der Waals surface area contributed by atoms with Crippen molar-refractivity contribution in [2.75, 3.05) is 11.9 Å². The van der Waals surface area contributed by atoms with Crippen molar-refractivity contribution in [3.63, 3.8) is 0 Å². The number of anilines is 2. The quantitative estimate of drug-likeness (QED) is 0.649. The number of likely N-dealkylation sites (tertiary alicyclic amines) is 1. The van der Waals surface area contributed by atoms with Gasteiger partial charge in [-0.1, -0.05) is 6.07 Å². The Bertz CT molecular complexity index is 1030. The van der Waals surface area contributed by atoms with Crippen LogP contribution in [-0.2, 0) is 4.79 Å². The zero-order chi connectivity index (χ0) is 20.2. The molecule has 1 saturated heterocycles. The Morgan fingerprint density at radius 2 is 2.17 bits per heavy atom. The van der Waals surface area contributed by atoms with Gasteiger partial charge in [0.25, 0.3) is 0 Å². The first-order valence-corrected chi connectivity index (χ1v) is 9.62. The molecular formula is C21H23N7O. The molecular weight excluding hydrogens is 366 g/mol. The van der Waals surface area contributed by atoms with Gasteiger partial charge < -0.3 is 10.2 Å². The molecule has 1 aliphatic heterocycles. The van der Waals surface area contributed by atoms with Gasteiger partial charge >= 0.3 is 0 Å². The third kappa shape index (κ3) is 4.48. The number of carbonyl (C=O) groups is 1. The second kappa shape index (κ2) is 8.22. The van der Waals surface area contributed by atoms with Crippen LogP contribution in [0.2, 0.25) is 0 Å². The van der Waals surface area contributed by atoms with E-state index in [2.05, 4.69) is 30.5 Å². The van der Waals surface area contributed by atoms with E-state index in [1.807, 2.05) is 43.0 Å². The lowest BCUT2D eigenvalue weighted by atomic mass is 10.1. The molecule has 1 amide bonds. The first-order valence-electron chi connectivity index (χ1n) is 9.62. The number of hydrogen-bond donors (Lipinski definition) is 2. The van der Waals surface area contributed by atoms with Crippen LogP contribution in [0.3, 0.4) is 0 Å². The van der Waals surface area contributed by atoms with Crippen molar-refractivity contribution in [2.24, 2.45) is 0 Å². The number of nitrogens with zero attached hydrogens (tertiary/aromatic N) is 5. The molecule has 2 N–H and O–H groups in total. The van der Waals surface area contributed by atoms with Gasteiger partial charge in [0.2, 0.25) is 5.91 Å². The molecule has 1 fully saturated rings. The van der Waals surface area contributed by atoms with Crippen LogP contribution in [-0.4, -0.2) is 42.5 Å². The molecule has 8 nitrogen and oxygen atoms in total. The van der Waals surface area contributed by atoms with Gasteiger partial charge in [-0.05, 0) is 44.4 Å². The molecule has 1 atom stereocenters. The Morgan fingerprint density at radius 3 is 2.93 bits per heavy atom. The molecule has 0 aromatic carbocycles. The number of pyridine rings is 1. The molecule has 1 unspecified atom stereocenters. The molecule has 4 rings (SSSR count). The number of nitrogens with one attached hydrogen (secondary N) is 2. The SMILES string of the molecule is Cc1nc(Nc2cc(C)[nH]n2)cc(C2CCCN2C(=O)/C=C/c2cccnc2)n1. The lowest BCUT2D eigenvalue weighted by Gasteiger charge is -2.23. The lowest BCUT2D eigenvalue weighted by Crippen LogP contribution is -2.29. The second-order valence-electron chi connectivity index (χ2n) is 7.10. The van der Waals surface area contributed by atoms with Crippen molar-refractivity contribution in [1.82, 2.24) is 30.0 Å². The Balaban J connectivity index is 1.53. The van der Waals surface area contributed by atoms with Crippen molar-refractivity contribution in [1.29, 1.82) is 0 Å². The summed E-state index contributed by atoms with van der Waals surface area (Å²) in [7, 11) is 0. The van der Waals surface area contributed by atoms with E-state index in [4.69, 9.17) is 0 Å². The van der Waals surface area contributed by atoms with E-state index in [1.165, 1.54) is 0 Å². The summed E-state index contributed by atoms with van der Waals surface area (Å²) in [5, 5.41) is 10.3. The van der Waals surface area contributed by atoms with Crippen molar-refractivity contribution >= 4 is 23.6 Å². The van der Waals surface area contributed by atoms with Crippen LogP contribution in [0.1, 0.15) is 41.7 Å². The first kappa shape index (κ1) is 18.8. The number of carbonyl (C=O) groups excluding carboxylic acids is 1. The number of hydrogen-bond acceptors (Lipinski definition) is 6. The van der Waals surface area contributed by atoms with Crippen LogP contribution in [0.15, 0.2) is 42.7 Å². The molecule has 8 heteroatoms. The minimum Gasteiger partial charge on any atom is -0.331 e. The van der Waals surface area contributed by atoms with Crippen LogP contribution in [0.5, 0.6) is 0 Å². The predicted octanol–water partition coefficient (Wildman–Crippen LogP) is 3.33. The largest absolute Gasteiger partial charge is 0.331 e. The maximum atomic E-state index is 12.8. The van der Waals surface area contributed by atoms with Crippen molar-refractivity contribution in [3.8, 4) is 0 Å². The molecule has 1 aliphatic rings. The maximum absolute atomic E-state index is 12.8. The molecule has 4 heterocycles. The highest BCUT2D eigenvalue weighted by Crippen LogP contribution is 2.32. The Kier molecular flexibility index (Phi) is 5.33. The van der Waals surface area contributed by atoms with Crippen molar-refractivity contribution < 1.29 is 4.79 Å². The van der Waals surface area contributed by atoms with E-state index in [1.54, 1.807) is 24.5 Å². The van der Waals surface area contributed by atoms with Gasteiger partial charge in [-0.15, -0.1) is 0 Å². The van der Waals surface area contributed by atoms with E-state index in [0.29, 0.717) is 24.0 Å².